The first-order valence-electron chi connectivity index (χ1n) is 9.79. The molecule has 0 radical (unpaired) electrons. The number of Topliss-reactive ketones (excluding diaryl/α,β-unsaturated/α-hetero) is 1. The maximum Gasteiger partial charge on any atom is 0.253 e. The van der Waals surface area contributed by atoms with Crippen molar-refractivity contribution in [3.05, 3.63) is 48.0 Å². The van der Waals surface area contributed by atoms with Crippen LogP contribution >= 0.6 is 0 Å². The third kappa shape index (κ3) is 6.44. The molecule has 6 nitrogen and oxygen atoms in total. The first kappa shape index (κ1) is 21.5. The minimum Gasteiger partial charge on any atom is -0.346 e. The summed E-state index contributed by atoms with van der Waals surface area (Å²) in [4.78, 5) is 48.9. The van der Waals surface area contributed by atoms with Crippen LogP contribution in [0.4, 0.5) is 0 Å². The van der Waals surface area contributed by atoms with E-state index in [1.54, 1.807) is 0 Å². The molecule has 1 aliphatic heterocycles. The molecular formula is C22H28N2O4. The fraction of sp³-hybridized carbons (Fsp3) is 0.455. The molecule has 1 N–H and O–H groups in total. The van der Waals surface area contributed by atoms with E-state index in [-0.39, 0.29) is 29.4 Å². The molecule has 2 rings (SSSR count). The van der Waals surface area contributed by atoms with Crippen LogP contribution in [0.25, 0.3) is 0 Å². The van der Waals surface area contributed by atoms with Gasteiger partial charge in [-0.15, -0.1) is 0 Å². The number of hydrogen-bond donors (Lipinski definition) is 1. The summed E-state index contributed by atoms with van der Waals surface area (Å²) < 4.78 is 0. The number of hydrogen-bond acceptors (Lipinski definition) is 4. The van der Waals surface area contributed by atoms with E-state index in [0.717, 1.165) is 12.0 Å². The van der Waals surface area contributed by atoms with E-state index in [0.29, 0.717) is 32.2 Å². The fourth-order valence-electron chi connectivity index (χ4n) is 3.13. The minimum absolute atomic E-state index is 0.0239. The Balaban J connectivity index is 1.75. The zero-order valence-corrected chi connectivity index (χ0v) is 16.5. The van der Waals surface area contributed by atoms with Gasteiger partial charge in [0.15, 0.2) is 5.78 Å². The Hall–Kier alpha value is -2.76. The number of amides is 3. The van der Waals surface area contributed by atoms with Crippen LogP contribution in [-0.2, 0) is 25.6 Å². The van der Waals surface area contributed by atoms with Gasteiger partial charge in [-0.05, 0) is 24.8 Å². The molecular weight excluding hydrogens is 356 g/mol. The second-order valence-corrected chi connectivity index (χ2v) is 7.34. The monoisotopic (exact) mass is 384 g/mol. The molecule has 1 atom stereocenters. The van der Waals surface area contributed by atoms with E-state index >= 15 is 0 Å². The third-order valence-electron chi connectivity index (χ3n) is 4.72. The average Bonchev–Trinajstić information content (AvgIpc) is 2.99. The lowest BCUT2D eigenvalue weighted by Gasteiger charge is -2.20. The zero-order valence-electron chi connectivity index (χ0n) is 16.5. The molecule has 0 saturated carbocycles. The lowest BCUT2D eigenvalue weighted by atomic mass is 9.95. The highest BCUT2D eigenvalue weighted by Crippen LogP contribution is 2.10. The number of nitrogens with one attached hydrogen (secondary N) is 1. The molecule has 150 valence electrons. The van der Waals surface area contributed by atoms with Crippen LogP contribution in [0.1, 0.15) is 45.1 Å². The first-order valence-corrected chi connectivity index (χ1v) is 9.79. The molecule has 0 aliphatic carbocycles. The Kier molecular flexibility index (Phi) is 8.11. The molecule has 0 saturated heterocycles. The van der Waals surface area contributed by atoms with E-state index < -0.39 is 6.04 Å². The van der Waals surface area contributed by atoms with Gasteiger partial charge in [-0.1, -0.05) is 50.6 Å². The molecule has 0 unspecified atom stereocenters. The lowest BCUT2D eigenvalue weighted by Crippen LogP contribution is -2.44. The highest BCUT2D eigenvalue weighted by molar-refractivity contribution is 6.12. The predicted octanol–water partition coefficient (Wildman–Crippen LogP) is 2.42. The van der Waals surface area contributed by atoms with Crippen molar-refractivity contribution >= 4 is 23.5 Å². The molecule has 1 aliphatic rings. The fourth-order valence-corrected chi connectivity index (χ4v) is 3.13. The second-order valence-electron chi connectivity index (χ2n) is 7.34. The van der Waals surface area contributed by atoms with Crippen molar-refractivity contribution in [2.75, 3.05) is 6.54 Å². The highest BCUT2D eigenvalue weighted by atomic mass is 16.2. The van der Waals surface area contributed by atoms with Crippen molar-refractivity contribution < 1.29 is 19.2 Å². The van der Waals surface area contributed by atoms with Crippen LogP contribution in [0.3, 0.4) is 0 Å². The van der Waals surface area contributed by atoms with Crippen LogP contribution in [0.5, 0.6) is 0 Å². The Morgan fingerprint density at radius 2 is 1.61 bits per heavy atom. The van der Waals surface area contributed by atoms with E-state index in [2.05, 4.69) is 5.32 Å². The first-order chi connectivity index (χ1) is 13.4. The van der Waals surface area contributed by atoms with Gasteiger partial charge in [-0.25, -0.2) is 0 Å². The summed E-state index contributed by atoms with van der Waals surface area (Å²) in [6, 6.07) is 9.12. The molecule has 28 heavy (non-hydrogen) atoms. The van der Waals surface area contributed by atoms with E-state index in [1.165, 1.54) is 17.1 Å². The summed E-state index contributed by atoms with van der Waals surface area (Å²) in [5.74, 6) is -0.837. The highest BCUT2D eigenvalue weighted by Gasteiger charge is 2.24. The molecule has 0 spiro atoms. The van der Waals surface area contributed by atoms with Crippen molar-refractivity contribution in [2.24, 2.45) is 5.92 Å². The van der Waals surface area contributed by atoms with Crippen molar-refractivity contribution in [3.8, 4) is 0 Å². The Morgan fingerprint density at radius 1 is 0.964 bits per heavy atom. The minimum atomic E-state index is -0.527. The third-order valence-corrected chi connectivity index (χ3v) is 4.72. The van der Waals surface area contributed by atoms with Gasteiger partial charge >= 0.3 is 0 Å². The molecule has 1 aromatic rings. The summed E-state index contributed by atoms with van der Waals surface area (Å²) in [7, 11) is 0. The van der Waals surface area contributed by atoms with E-state index in [1.807, 2.05) is 44.2 Å². The summed E-state index contributed by atoms with van der Waals surface area (Å²) in [5, 5.41) is 2.88. The van der Waals surface area contributed by atoms with Crippen molar-refractivity contribution in [2.45, 2.75) is 52.0 Å². The topological polar surface area (TPSA) is 83.6 Å². The molecule has 0 aromatic heterocycles. The molecule has 3 amide bonds. The summed E-state index contributed by atoms with van der Waals surface area (Å²) in [5.41, 5.74) is 1.01. The smallest absolute Gasteiger partial charge is 0.253 e. The average molecular weight is 384 g/mol. The van der Waals surface area contributed by atoms with Crippen molar-refractivity contribution in [3.63, 3.8) is 0 Å². The van der Waals surface area contributed by atoms with Crippen LogP contribution in [0.2, 0.25) is 0 Å². The van der Waals surface area contributed by atoms with Crippen LogP contribution in [-0.4, -0.2) is 41.0 Å². The van der Waals surface area contributed by atoms with Gasteiger partial charge in [-0.3, -0.25) is 24.1 Å². The summed E-state index contributed by atoms with van der Waals surface area (Å²) >= 11 is 0. The Morgan fingerprint density at radius 3 is 2.21 bits per heavy atom. The maximum atomic E-state index is 12.5. The lowest BCUT2D eigenvalue weighted by molar-refractivity contribution is -0.137. The molecule has 0 fully saturated rings. The van der Waals surface area contributed by atoms with Crippen molar-refractivity contribution in [1.82, 2.24) is 10.2 Å². The number of carbonyl (C=O) groups is 4. The predicted molar refractivity (Wildman–Crippen MR) is 106 cm³/mol. The van der Waals surface area contributed by atoms with Crippen LogP contribution < -0.4 is 5.32 Å². The number of nitrogens with zero attached hydrogens (tertiary/aromatic N) is 1. The number of rotatable bonds is 11. The summed E-state index contributed by atoms with van der Waals surface area (Å²) in [6.07, 6.45) is 5.37. The second kappa shape index (κ2) is 10.5. The Bertz CT molecular complexity index is 722. The largest absolute Gasteiger partial charge is 0.346 e. The molecule has 1 aromatic carbocycles. The quantitative estimate of drug-likeness (QED) is 0.469. The van der Waals surface area contributed by atoms with Gasteiger partial charge in [-0.2, -0.15) is 0 Å². The summed E-state index contributed by atoms with van der Waals surface area (Å²) in [6.45, 7) is 4.04. The number of carbonyl (C=O) groups excluding carboxylic acids is 4. The number of unbranched alkanes of at least 4 members (excludes halogenated alkanes) is 2. The van der Waals surface area contributed by atoms with Gasteiger partial charge < -0.3 is 5.32 Å². The molecule has 6 heteroatoms. The SMILES string of the molecule is CC(C)C(=O)[C@H](Cc1ccccc1)NC(=O)CCCCCN1C(=O)C=CC1=O. The maximum absolute atomic E-state index is 12.5. The van der Waals surface area contributed by atoms with Gasteiger partial charge in [0.2, 0.25) is 5.91 Å². The number of benzene rings is 1. The van der Waals surface area contributed by atoms with Gasteiger partial charge in [0.25, 0.3) is 11.8 Å². The van der Waals surface area contributed by atoms with E-state index in [4.69, 9.17) is 0 Å². The van der Waals surface area contributed by atoms with Gasteiger partial charge in [0.1, 0.15) is 0 Å². The van der Waals surface area contributed by atoms with Gasteiger partial charge in [0.05, 0.1) is 6.04 Å². The standard InChI is InChI=1S/C22H28N2O4/c1-16(2)22(28)18(15-17-9-5-3-6-10-17)23-19(25)11-7-4-8-14-24-20(26)12-13-21(24)27/h3,5-6,9-10,12-13,16,18H,4,7-8,11,14-15H2,1-2H3,(H,23,25)/t18-/m0/s1. The van der Waals surface area contributed by atoms with E-state index in [9.17, 15) is 19.2 Å². The van der Waals surface area contributed by atoms with Crippen molar-refractivity contribution in [1.29, 1.82) is 0 Å². The normalized spacial score (nSPS) is 14.6. The number of imide groups is 1. The van der Waals surface area contributed by atoms with Crippen LogP contribution in [0.15, 0.2) is 42.5 Å². The Labute approximate surface area is 166 Å². The molecule has 0 bridgehead atoms. The number of ketones is 1. The zero-order chi connectivity index (χ0) is 20.5. The van der Waals surface area contributed by atoms with Crippen LogP contribution in [0, 0.1) is 5.92 Å². The molecule has 1 heterocycles. The van der Waals surface area contributed by atoms with Gasteiger partial charge in [0, 0.05) is 31.0 Å².